The number of benzene rings is 1. The van der Waals surface area contributed by atoms with E-state index in [1.165, 1.54) is 5.56 Å². The Morgan fingerprint density at radius 3 is 2.00 bits per heavy atom. The number of aryl methyl sites for hydroxylation is 1. The molecule has 0 atom stereocenters. The van der Waals surface area contributed by atoms with Crippen molar-refractivity contribution in [3.63, 3.8) is 0 Å². The molecule has 0 amide bonds. The van der Waals surface area contributed by atoms with Crippen molar-refractivity contribution in [2.24, 2.45) is 0 Å². The summed E-state index contributed by atoms with van der Waals surface area (Å²) < 4.78 is 16.0. The van der Waals surface area contributed by atoms with Crippen molar-refractivity contribution in [2.75, 3.05) is 27.1 Å². The SMILES string of the molecule is COS(CCCCc1ccccc1)(OC)OC. The summed E-state index contributed by atoms with van der Waals surface area (Å²) in [6, 6.07) is 10.5. The minimum absolute atomic E-state index is 0.823. The van der Waals surface area contributed by atoms with Crippen molar-refractivity contribution in [2.45, 2.75) is 19.3 Å². The van der Waals surface area contributed by atoms with E-state index in [9.17, 15) is 0 Å². The summed E-state index contributed by atoms with van der Waals surface area (Å²) in [6.45, 7) is 0. The highest BCUT2D eigenvalue weighted by atomic mass is 32.3. The van der Waals surface area contributed by atoms with Gasteiger partial charge in [0.05, 0.1) is 32.2 Å². The summed E-state index contributed by atoms with van der Waals surface area (Å²) in [6.07, 6.45) is 3.25. The van der Waals surface area contributed by atoms with Crippen LogP contribution in [0.2, 0.25) is 0 Å². The van der Waals surface area contributed by atoms with Gasteiger partial charge in [0.2, 0.25) is 0 Å². The average Bonchev–Trinajstić information content (AvgIpc) is 2.41. The summed E-state index contributed by atoms with van der Waals surface area (Å²) in [5, 5.41) is 0. The van der Waals surface area contributed by atoms with E-state index >= 15 is 0 Å². The van der Waals surface area contributed by atoms with Crippen molar-refractivity contribution >= 4 is 10.9 Å². The molecule has 4 heteroatoms. The Hall–Kier alpha value is -0.550. The second-order valence-electron chi connectivity index (χ2n) is 3.70. The molecule has 0 unspecified atom stereocenters. The van der Waals surface area contributed by atoms with E-state index in [2.05, 4.69) is 24.3 Å². The van der Waals surface area contributed by atoms with E-state index in [4.69, 9.17) is 12.5 Å². The molecule has 1 aromatic carbocycles. The Morgan fingerprint density at radius 2 is 1.47 bits per heavy atom. The molecule has 0 saturated heterocycles. The maximum absolute atomic E-state index is 5.33. The highest BCUT2D eigenvalue weighted by molar-refractivity contribution is 8.21. The molecule has 0 saturated carbocycles. The Bertz CT molecular complexity index is 291. The minimum Gasteiger partial charge on any atom is -0.296 e. The van der Waals surface area contributed by atoms with Crippen molar-refractivity contribution in [1.82, 2.24) is 0 Å². The van der Waals surface area contributed by atoms with Gasteiger partial charge in [-0.05, 0) is 24.8 Å². The molecule has 0 bridgehead atoms. The second kappa shape index (κ2) is 7.71. The summed E-state index contributed by atoms with van der Waals surface area (Å²) in [4.78, 5) is 0. The molecule has 1 aromatic rings. The molecule has 0 fully saturated rings. The normalized spacial score (nSPS) is 12.6. The van der Waals surface area contributed by atoms with Crippen LogP contribution in [-0.4, -0.2) is 27.1 Å². The van der Waals surface area contributed by atoms with Gasteiger partial charge in [0.25, 0.3) is 0 Å². The zero-order chi connectivity index (χ0) is 12.6. The molecule has 0 aromatic heterocycles. The molecule has 0 aliphatic rings. The Labute approximate surface area is 106 Å². The molecule has 0 heterocycles. The van der Waals surface area contributed by atoms with Gasteiger partial charge < -0.3 is 0 Å². The lowest BCUT2D eigenvalue weighted by molar-refractivity contribution is 0.247. The predicted molar refractivity (Wildman–Crippen MR) is 72.9 cm³/mol. The fourth-order valence-electron chi connectivity index (χ4n) is 1.71. The predicted octanol–water partition coefficient (Wildman–Crippen LogP) is 3.50. The third kappa shape index (κ3) is 4.68. The van der Waals surface area contributed by atoms with Crippen LogP contribution in [0.5, 0.6) is 0 Å². The smallest absolute Gasteiger partial charge is 0.0879 e. The third-order valence-corrected chi connectivity index (χ3v) is 5.03. The van der Waals surface area contributed by atoms with Gasteiger partial charge in [0, 0.05) is 5.75 Å². The third-order valence-electron chi connectivity index (χ3n) is 2.71. The zero-order valence-corrected chi connectivity index (χ0v) is 11.7. The summed E-state index contributed by atoms with van der Waals surface area (Å²) in [5.41, 5.74) is 1.38. The monoisotopic (exact) mass is 258 g/mol. The minimum atomic E-state index is -1.76. The van der Waals surface area contributed by atoms with E-state index < -0.39 is 10.9 Å². The molecule has 17 heavy (non-hydrogen) atoms. The molecule has 3 nitrogen and oxygen atoms in total. The maximum Gasteiger partial charge on any atom is 0.0879 e. The first-order valence-electron chi connectivity index (χ1n) is 5.78. The number of hydrogen-bond donors (Lipinski definition) is 0. The zero-order valence-electron chi connectivity index (χ0n) is 10.8. The highest BCUT2D eigenvalue weighted by Gasteiger charge is 2.21. The lowest BCUT2D eigenvalue weighted by Gasteiger charge is -2.33. The number of unbranched alkanes of at least 4 members (excludes halogenated alkanes) is 1. The van der Waals surface area contributed by atoms with Crippen LogP contribution in [0, 0.1) is 0 Å². The van der Waals surface area contributed by atoms with Gasteiger partial charge in [-0.25, -0.2) is 0 Å². The molecule has 0 aliphatic carbocycles. The first-order valence-corrected chi connectivity index (χ1v) is 7.36. The van der Waals surface area contributed by atoms with Gasteiger partial charge in [-0.3, -0.25) is 12.5 Å². The van der Waals surface area contributed by atoms with Crippen molar-refractivity contribution < 1.29 is 12.5 Å². The highest BCUT2D eigenvalue weighted by Crippen LogP contribution is 2.49. The summed E-state index contributed by atoms with van der Waals surface area (Å²) in [7, 11) is 3.15. The fraction of sp³-hybridized carbons (Fsp3) is 0.538. The van der Waals surface area contributed by atoms with Crippen LogP contribution < -0.4 is 0 Å². The van der Waals surface area contributed by atoms with E-state index in [1.807, 2.05) is 6.07 Å². The average molecular weight is 258 g/mol. The molecule has 0 spiro atoms. The molecule has 0 radical (unpaired) electrons. The van der Waals surface area contributed by atoms with Crippen LogP contribution in [0.1, 0.15) is 18.4 Å². The van der Waals surface area contributed by atoms with Gasteiger partial charge >= 0.3 is 0 Å². The van der Waals surface area contributed by atoms with Crippen molar-refractivity contribution in [1.29, 1.82) is 0 Å². The molecule has 98 valence electrons. The molecular weight excluding hydrogens is 236 g/mol. The van der Waals surface area contributed by atoms with Crippen LogP contribution >= 0.6 is 10.9 Å². The lowest BCUT2D eigenvalue weighted by Crippen LogP contribution is -2.11. The van der Waals surface area contributed by atoms with Gasteiger partial charge in [-0.2, -0.15) is 0 Å². The Kier molecular flexibility index (Phi) is 6.58. The van der Waals surface area contributed by atoms with Crippen molar-refractivity contribution in [3.05, 3.63) is 35.9 Å². The Balaban J connectivity index is 2.28. The number of hydrogen-bond acceptors (Lipinski definition) is 3. The molecule has 1 rings (SSSR count). The largest absolute Gasteiger partial charge is 0.296 e. The summed E-state index contributed by atoms with van der Waals surface area (Å²) in [5.74, 6) is 0.823. The van der Waals surface area contributed by atoms with E-state index in [0.717, 1.165) is 25.0 Å². The van der Waals surface area contributed by atoms with Crippen LogP contribution in [0.25, 0.3) is 0 Å². The first kappa shape index (κ1) is 14.5. The van der Waals surface area contributed by atoms with Gasteiger partial charge in [-0.15, -0.1) is 0 Å². The van der Waals surface area contributed by atoms with Crippen LogP contribution in [0.15, 0.2) is 30.3 Å². The summed E-state index contributed by atoms with van der Waals surface area (Å²) >= 11 is 0. The van der Waals surface area contributed by atoms with Crippen LogP contribution in [-0.2, 0) is 19.0 Å². The van der Waals surface area contributed by atoms with E-state index in [1.54, 1.807) is 21.3 Å². The standard InChI is InChI=1S/C13H22O3S/c1-14-17(15-2,16-3)12-8-7-11-13-9-5-4-6-10-13/h4-6,9-10H,7-8,11-12H2,1-3H3. The molecule has 0 aliphatic heterocycles. The topological polar surface area (TPSA) is 27.7 Å². The molecule has 0 N–H and O–H groups in total. The van der Waals surface area contributed by atoms with Gasteiger partial charge in [0.1, 0.15) is 0 Å². The number of rotatable bonds is 8. The van der Waals surface area contributed by atoms with Gasteiger partial charge in [-0.1, -0.05) is 30.3 Å². The maximum atomic E-state index is 5.33. The lowest BCUT2D eigenvalue weighted by atomic mass is 10.1. The van der Waals surface area contributed by atoms with E-state index in [-0.39, 0.29) is 0 Å². The second-order valence-corrected chi connectivity index (χ2v) is 6.23. The quantitative estimate of drug-likeness (QED) is 0.668. The van der Waals surface area contributed by atoms with Crippen LogP contribution in [0.4, 0.5) is 0 Å². The fourth-order valence-corrected chi connectivity index (χ4v) is 3.17. The molecular formula is C13H22O3S. The van der Waals surface area contributed by atoms with Crippen LogP contribution in [0.3, 0.4) is 0 Å². The Morgan fingerprint density at radius 1 is 0.882 bits per heavy atom. The first-order chi connectivity index (χ1) is 8.26. The van der Waals surface area contributed by atoms with Gasteiger partial charge in [0.15, 0.2) is 0 Å². The van der Waals surface area contributed by atoms with Crippen molar-refractivity contribution in [3.8, 4) is 0 Å². The van der Waals surface area contributed by atoms with E-state index in [0.29, 0.717) is 0 Å².